The molecule has 0 aromatic heterocycles. The molecule has 0 bridgehead atoms. The number of benzene rings is 1. The van der Waals surface area contributed by atoms with Crippen molar-refractivity contribution in [1.29, 1.82) is 0 Å². The van der Waals surface area contributed by atoms with Crippen LogP contribution in [0.1, 0.15) is 10.4 Å². The van der Waals surface area contributed by atoms with E-state index < -0.39 is 9.75 Å². The number of rotatable bonds is 3. The van der Waals surface area contributed by atoms with Crippen LogP contribution < -0.4 is 5.32 Å². The maximum absolute atomic E-state index is 11.9. The summed E-state index contributed by atoms with van der Waals surface area (Å²) in [6.45, 7) is 0.713. The highest BCUT2D eigenvalue weighted by Crippen LogP contribution is 2.25. The maximum atomic E-state index is 11.9. The molecule has 100 valence electrons. The van der Waals surface area contributed by atoms with Gasteiger partial charge in [0.15, 0.2) is 5.17 Å². The molecule has 0 radical (unpaired) electrons. The zero-order chi connectivity index (χ0) is 13.8. The number of carbonyl (C=O) groups excluding carboxylic acids is 1. The standard InChI is InChI=1S/C11H10BrN3O3S/c12-9(10(16)14-11-13-5-6-19-11)7-1-3-8(4-2-7)15(17)18/h1-4,9H,5-6H2,(H,13,14,16)/t9-/m1/s1. The molecule has 1 aliphatic rings. The van der Waals surface area contributed by atoms with Gasteiger partial charge in [-0.3, -0.25) is 19.9 Å². The fourth-order valence-electron chi connectivity index (χ4n) is 1.50. The van der Waals surface area contributed by atoms with E-state index in [0.717, 1.165) is 5.75 Å². The summed E-state index contributed by atoms with van der Waals surface area (Å²) in [7, 11) is 0. The second-order valence-corrected chi connectivity index (χ2v) is 5.74. The van der Waals surface area contributed by atoms with Crippen LogP contribution in [0.3, 0.4) is 0 Å². The molecule has 6 nitrogen and oxygen atoms in total. The van der Waals surface area contributed by atoms with Crippen LogP contribution >= 0.6 is 27.7 Å². The molecule has 0 spiro atoms. The van der Waals surface area contributed by atoms with Crippen molar-refractivity contribution in [1.82, 2.24) is 5.32 Å². The molecule has 2 rings (SSSR count). The summed E-state index contributed by atoms with van der Waals surface area (Å²) in [5.41, 5.74) is 0.659. The van der Waals surface area contributed by atoms with E-state index >= 15 is 0 Å². The van der Waals surface area contributed by atoms with Crippen molar-refractivity contribution in [3.8, 4) is 0 Å². The number of thioether (sulfide) groups is 1. The van der Waals surface area contributed by atoms with Crippen molar-refractivity contribution < 1.29 is 9.72 Å². The molecule has 0 saturated heterocycles. The van der Waals surface area contributed by atoms with E-state index in [-0.39, 0.29) is 11.6 Å². The first-order valence-electron chi connectivity index (χ1n) is 5.44. The van der Waals surface area contributed by atoms with Gasteiger partial charge >= 0.3 is 0 Å². The van der Waals surface area contributed by atoms with Crippen molar-refractivity contribution in [2.24, 2.45) is 4.99 Å². The predicted octanol–water partition coefficient (Wildman–Crippen LogP) is 2.25. The van der Waals surface area contributed by atoms with E-state index in [2.05, 4.69) is 26.2 Å². The summed E-state index contributed by atoms with van der Waals surface area (Å²) in [5, 5.41) is 13.9. The summed E-state index contributed by atoms with van der Waals surface area (Å²) in [5.74, 6) is 0.641. The summed E-state index contributed by atoms with van der Waals surface area (Å²) in [4.78, 5) is 25.6. The van der Waals surface area contributed by atoms with Crippen molar-refractivity contribution in [2.75, 3.05) is 12.3 Å². The van der Waals surface area contributed by atoms with Gasteiger partial charge in [0.2, 0.25) is 5.91 Å². The number of halogens is 1. The number of nitrogens with one attached hydrogen (secondary N) is 1. The number of hydrogen-bond donors (Lipinski definition) is 1. The molecular weight excluding hydrogens is 334 g/mol. The zero-order valence-electron chi connectivity index (χ0n) is 9.71. The summed E-state index contributed by atoms with van der Waals surface area (Å²) >= 11 is 4.77. The minimum Gasteiger partial charge on any atom is -0.304 e. The van der Waals surface area contributed by atoms with E-state index in [4.69, 9.17) is 0 Å². The molecule has 8 heteroatoms. The second-order valence-electron chi connectivity index (χ2n) is 3.74. The Labute approximate surface area is 122 Å². The van der Waals surface area contributed by atoms with E-state index in [1.807, 2.05) is 0 Å². The number of non-ortho nitro benzene ring substituents is 1. The Morgan fingerprint density at radius 2 is 2.16 bits per heavy atom. The van der Waals surface area contributed by atoms with Crippen LogP contribution in [0.5, 0.6) is 0 Å². The highest BCUT2D eigenvalue weighted by molar-refractivity contribution is 9.09. The lowest BCUT2D eigenvalue weighted by Crippen LogP contribution is -2.30. The number of hydrogen-bond acceptors (Lipinski definition) is 5. The van der Waals surface area contributed by atoms with Crippen LogP contribution in [-0.2, 0) is 4.79 Å². The number of alkyl halides is 1. The normalized spacial score (nSPS) is 15.7. The second kappa shape index (κ2) is 6.16. The highest BCUT2D eigenvalue weighted by Gasteiger charge is 2.20. The summed E-state index contributed by atoms with van der Waals surface area (Å²) in [6, 6.07) is 5.86. The lowest BCUT2D eigenvalue weighted by molar-refractivity contribution is -0.384. The molecule has 1 aliphatic heterocycles. The molecule has 0 unspecified atom stereocenters. The molecule has 0 saturated carbocycles. The van der Waals surface area contributed by atoms with Crippen molar-refractivity contribution in [3.05, 3.63) is 39.9 Å². The number of amidine groups is 1. The van der Waals surface area contributed by atoms with E-state index in [1.54, 1.807) is 12.1 Å². The Bertz CT molecular complexity index is 532. The largest absolute Gasteiger partial charge is 0.304 e. The first kappa shape index (κ1) is 14.0. The van der Waals surface area contributed by atoms with Gasteiger partial charge in [-0.1, -0.05) is 39.8 Å². The molecule has 1 aromatic rings. The van der Waals surface area contributed by atoms with Gasteiger partial charge in [-0.2, -0.15) is 0 Å². The van der Waals surface area contributed by atoms with Crippen LogP contribution in [0.4, 0.5) is 5.69 Å². The summed E-state index contributed by atoms with van der Waals surface area (Å²) < 4.78 is 0. The first-order chi connectivity index (χ1) is 9.08. The van der Waals surface area contributed by atoms with Gasteiger partial charge in [-0.05, 0) is 5.56 Å². The Balaban J connectivity index is 2.03. The van der Waals surface area contributed by atoms with Gasteiger partial charge in [0.1, 0.15) is 4.83 Å². The van der Waals surface area contributed by atoms with Gasteiger partial charge in [-0.15, -0.1) is 0 Å². The molecule has 19 heavy (non-hydrogen) atoms. The molecule has 1 heterocycles. The fourth-order valence-corrected chi connectivity index (χ4v) is 2.65. The molecule has 0 fully saturated rings. The zero-order valence-corrected chi connectivity index (χ0v) is 12.1. The highest BCUT2D eigenvalue weighted by atomic mass is 79.9. The van der Waals surface area contributed by atoms with Gasteiger partial charge in [0.25, 0.3) is 5.69 Å². The van der Waals surface area contributed by atoms with Gasteiger partial charge < -0.3 is 5.32 Å². The average Bonchev–Trinajstić information content (AvgIpc) is 2.90. The minimum atomic E-state index is -0.558. The van der Waals surface area contributed by atoms with E-state index in [9.17, 15) is 14.9 Å². The van der Waals surface area contributed by atoms with E-state index in [1.165, 1.54) is 23.9 Å². The van der Waals surface area contributed by atoms with E-state index in [0.29, 0.717) is 17.3 Å². The Hall–Kier alpha value is -1.41. The van der Waals surface area contributed by atoms with Crippen LogP contribution in [0.2, 0.25) is 0 Å². The number of aliphatic imine (C=N–C) groups is 1. The minimum absolute atomic E-state index is 0.000387. The number of amides is 1. The molecule has 1 atom stereocenters. The lowest BCUT2D eigenvalue weighted by atomic mass is 10.1. The molecule has 1 N–H and O–H groups in total. The van der Waals surface area contributed by atoms with Crippen LogP contribution in [-0.4, -0.2) is 28.3 Å². The Morgan fingerprint density at radius 3 is 2.68 bits per heavy atom. The topological polar surface area (TPSA) is 84.6 Å². The third-order valence-corrected chi connectivity index (χ3v) is 4.28. The van der Waals surface area contributed by atoms with Gasteiger partial charge in [-0.25, -0.2) is 0 Å². The van der Waals surface area contributed by atoms with Crippen LogP contribution in [0.15, 0.2) is 29.3 Å². The fraction of sp³-hybridized carbons (Fsp3) is 0.273. The van der Waals surface area contributed by atoms with Gasteiger partial charge in [0.05, 0.1) is 11.5 Å². The average molecular weight is 344 g/mol. The first-order valence-corrected chi connectivity index (χ1v) is 7.34. The molecule has 1 amide bonds. The number of nitro benzene ring substituents is 1. The molecular formula is C11H10BrN3O3S. The SMILES string of the molecule is O=C(NC1=NCCS1)[C@H](Br)c1ccc([N+](=O)[O-])cc1. The van der Waals surface area contributed by atoms with Crippen molar-refractivity contribution >= 4 is 44.5 Å². The Morgan fingerprint density at radius 1 is 1.47 bits per heavy atom. The predicted molar refractivity (Wildman–Crippen MR) is 77.7 cm³/mol. The monoisotopic (exact) mass is 343 g/mol. The van der Waals surface area contributed by atoms with Crippen LogP contribution in [0, 0.1) is 10.1 Å². The molecule has 0 aliphatic carbocycles. The van der Waals surface area contributed by atoms with Crippen molar-refractivity contribution in [2.45, 2.75) is 4.83 Å². The van der Waals surface area contributed by atoms with Crippen molar-refractivity contribution in [3.63, 3.8) is 0 Å². The number of nitro groups is 1. The summed E-state index contributed by atoms with van der Waals surface area (Å²) in [6.07, 6.45) is 0. The number of nitrogens with zero attached hydrogens (tertiary/aromatic N) is 2. The Kier molecular flexibility index (Phi) is 4.54. The maximum Gasteiger partial charge on any atom is 0.269 e. The van der Waals surface area contributed by atoms with Crippen LogP contribution in [0.25, 0.3) is 0 Å². The lowest BCUT2D eigenvalue weighted by Gasteiger charge is -2.10. The third kappa shape index (κ3) is 3.54. The molecule has 1 aromatic carbocycles. The van der Waals surface area contributed by atoms with Gasteiger partial charge in [0, 0.05) is 17.9 Å². The number of carbonyl (C=O) groups is 1. The smallest absolute Gasteiger partial charge is 0.269 e. The third-order valence-electron chi connectivity index (χ3n) is 2.44. The quantitative estimate of drug-likeness (QED) is 0.518.